The highest BCUT2D eigenvalue weighted by Crippen LogP contribution is 2.42. The third-order valence-electron chi connectivity index (χ3n) is 10.5. The number of piperazine rings is 1. The zero-order chi connectivity index (χ0) is 44.1. The lowest BCUT2D eigenvalue weighted by Gasteiger charge is -2.51. The molecule has 3 aromatic rings. The van der Waals surface area contributed by atoms with Crippen LogP contribution >= 0.6 is 0 Å². The zero-order valence-electron chi connectivity index (χ0n) is 39.1. The van der Waals surface area contributed by atoms with E-state index in [0.29, 0.717) is 17.7 Å². The number of carbonyl (C=O) groups excluding carboxylic acids is 1. The van der Waals surface area contributed by atoms with Gasteiger partial charge in [0, 0.05) is 42.9 Å². The molecule has 1 aliphatic carbocycles. The van der Waals surface area contributed by atoms with Crippen molar-refractivity contribution in [1.82, 2.24) is 30.2 Å². The van der Waals surface area contributed by atoms with E-state index in [2.05, 4.69) is 97.5 Å². The van der Waals surface area contributed by atoms with Crippen LogP contribution in [0.5, 0.6) is 5.75 Å². The van der Waals surface area contributed by atoms with Crippen LogP contribution in [0.1, 0.15) is 184 Å². The number of unbranched alkanes of at least 4 members (excludes halogenated alkanes) is 3. The SMILES string of the molecule is CC.CCC.CCC(C)c1nc(C)nc(-c2ccc[nH]2)n1.CCCCCC.CCc1ncc(OC(=O)C(C)CC)cc1N1CCNC(CC)(CC2CC2)C1C.O=CO. The van der Waals surface area contributed by atoms with Crippen LogP contribution in [0, 0.1) is 18.8 Å². The third-order valence-corrected chi connectivity index (χ3v) is 10.5. The average Bonchev–Trinajstić information content (AvgIpc) is 3.88. The molecule has 2 fully saturated rings. The maximum Gasteiger partial charge on any atom is 0.314 e. The minimum Gasteiger partial charge on any atom is -0.483 e. The summed E-state index contributed by atoms with van der Waals surface area (Å²) in [6.07, 6.45) is 18.2. The highest BCUT2D eigenvalue weighted by atomic mass is 16.5. The molecule has 5 rings (SSSR count). The van der Waals surface area contributed by atoms with Gasteiger partial charge in [-0.05, 0) is 64.0 Å². The highest BCUT2D eigenvalue weighted by Gasteiger charge is 2.44. The van der Waals surface area contributed by atoms with Crippen molar-refractivity contribution >= 4 is 18.1 Å². The Bertz CT molecular complexity index is 1490. The molecule has 2 aliphatic rings. The second kappa shape index (κ2) is 31.1. The van der Waals surface area contributed by atoms with E-state index < -0.39 is 0 Å². The van der Waals surface area contributed by atoms with E-state index in [-0.39, 0.29) is 23.9 Å². The number of H-pyrrole nitrogens is 1. The molecule has 11 nitrogen and oxygen atoms in total. The molecule has 0 bridgehead atoms. The Morgan fingerprint density at radius 3 is 2.12 bits per heavy atom. The van der Waals surface area contributed by atoms with Crippen LogP contribution in [0.25, 0.3) is 11.5 Å². The van der Waals surface area contributed by atoms with Gasteiger partial charge >= 0.3 is 5.97 Å². The van der Waals surface area contributed by atoms with Gasteiger partial charge in [0.05, 0.1) is 29.2 Å². The summed E-state index contributed by atoms with van der Waals surface area (Å²) in [6, 6.07) is 6.32. The summed E-state index contributed by atoms with van der Waals surface area (Å²) in [5, 5.41) is 10.8. The molecule has 11 heteroatoms. The summed E-state index contributed by atoms with van der Waals surface area (Å²) in [5.41, 5.74) is 3.29. The number of anilines is 1. The van der Waals surface area contributed by atoms with E-state index in [4.69, 9.17) is 14.6 Å². The van der Waals surface area contributed by atoms with Crippen molar-refractivity contribution in [3.63, 3.8) is 0 Å². The quantitative estimate of drug-likeness (QED) is 0.0817. The Kier molecular flexibility index (Phi) is 29.0. The number of nitrogens with zero attached hydrogens (tertiary/aromatic N) is 5. The van der Waals surface area contributed by atoms with E-state index in [9.17, 15) is 4.79 Å². The number of aromatic amines is 1. The first-order valence-electron chi connectivity index (χ1n) is 22.5. The molecule has 0 radical (unpaired) electrons. The topological polar surface area (TPSA) is 146 Å². The summed E-state index contributed by atoms with van der Waals surface area (Å²) in [6.45, 7) is 31.3. The fourth-order valence-corrected chi connectivity index (χ4v) is 6.46. The van der Waals surface area contributed by atoms with Gasteiger partial charge in [0.2, 0.25) is 0 Å². The molecule has 1 aliphatic heterocycles. The first-order chi connectivity index (χ1) is 27.9. The fraction of sp³-hybridized carbons (Fsp3) is 0.702. The minimum atomic E-state index is -0.250. The maximum absolute atomic E-state index is 12.3. The van der Waals surface area contributed by atoms with E-state index in [1.165, 1.54) is 51.4 Å². The minimum absolute atomic E-state index is 0.0984. The summed E-state index contributed by atoms with van der Waals surface area (Å²) in [4.78, 5) is 44.1. The monoisotopic (exact) mass is 810 g/mol. The Morgan fingerprint density at radius 1 is 1.02 bits per heavy atom. The maximum atomic E-state index is 12.3. The van der Waals surface area contributed by atoms with Gasteiger partial charge in [0.15, 0.2) is 11.6 Å². The van der Waals surface area contributed by atoms with Gasteiger partial charge in [-0.1, -0.05) is 128 Å². The van der Waals surface area contributed by atoms with E-state index in [1.807, 2.05) is 59.0 Å². The Hall–Kier alpha value is -3.86. The molecule has 0 aromatic carbocycles. The van der Waals surface area contributed by atoms with Crippen molar-refractivity contribution in [1.29, 1.82) is 0 Å². The predicted octanol–water partition coefficient (Wildman–Crippen LogP) is 11.8. The first kappa shape index (κ1) is 54.1. The van der Waals surface area contributed by atoms with Crippen LogP contribution in [0.3, 0.4) is 0 Å². The van der Waals surface area contributed by atoms with Gasteiger partial charge in [0.1, 0.15) is 11.6 Å². The van der Waals surface area contributed by atoms with Crippen LogP contribution in [-0.2, 0) is 16.0 Å². The van der Waals surface area contributed by atoms with Gasteiger partial charge in [-0.25, -0.2) is 15.0 Å². The molecule has 330 valence electrons. The molecule has 1 saturated heterocycles. The Morgan fingerprint density at radius 2 is 1.64 bits per heavy atom. The number of ether oxygens (including phenoxy) is 1. The number of aromatic nitrogens is 5. The van der Waals surface area contributed by atoms with Gasteiger partial charge < -0.3 is 25.0 Å². The van der Waals surface area contributed by atoms with Gasteiger partial charge in [0.25, 0.3) is 6.47 Å². The van der Waals surface area contributed by atoms with Crippen LogP contribution in [-0.4, -0.2) is 67.1 Å². The Balaban J connectivity index is 0.000000907. The largest absolute Gasteiger partial charge is 0.483 e. The molecular formula is C47H83N7O4. The smallest absolute Gasteiger partial charge is 0.314 e. The number of carbonyl (C=O) groups is 2. The van der Waals surface area contributed by atoms with E-state index in [0.717, 1.165) is 79.2 Å². The van der Waals surface area contributed by atoms with Crippen molar-refractivity contribution in [3.05, 3.63) is 47.9 Å². The first-order valence-corrected chi connectivity index (χ1v) is 22.5. The van der Waals surface area contributed by atoms with Gasteiger partial charge in [-0.2, -0.15) is 0 Å². The van der Waals surface area contributed by atoms with Gasteiger partial charge in [-0.3, -0.25) is 14.6 Å². The molecular weight excluding hydrogens is 727 g/mol. The van der Waals surface area contributed by atoms with Crippen molar-refractivity contribution in [3.8, 4) is 17.3 Å². The average molecular weight is 810 g/mol. The van der Waals surface area contributed by atoms with Crippen LogP contribution in [0.2, 0.25) is 0 Å². The number of carboxylic acid groups (broad SMARTS) is 1. The number of rotatable bonds is 14. The lowest BCUT2D eigenvalue weighted by Crippen LogP contribution is -2.66. The molecule has 1 saturated carbocycles. The number of hydrogen-bond acceptors (Lipinski definition) is 9. The second-order valence-electron chi connectivity index (χ2n) is 15.2. The molecule has 3 aromatic heterocycles. The normalized spacial score (nSPS) is 17.7. The number of nitrogens with one attached hydrogen (secondary N) is 2. The predicted molar refractivity (Wildman–Crippen MR) is 243 cm³/mol. The molecule has 0 amide bonds. The molecule has 3 N–H and O–H groups in total. The summed E-state index contributed by atoms with van der Waals surface area (Å²) in [5.74, 6) is 3.91. The van der Waals surface area contributed by atoms with Crippen molar-refractivity contribution < 1.29 is 19.4 Å². The summed E-state index contributed by atoms with van der Waals surface area (Å²) < 4.78 is 5.64. The molecule has 4 atom stereocenters. The Labute approximate surface area is 353 Å². The summed E-state index contributed by atoms with van der Waals surface area (Å²) >= 11 is 0. The summed E-state index contributed by atoms with van der Waals surface area (Å²) in [7, 11) is 0. The van der Waals surface area contributed by atoms with Crippen LogP contribution in [0.4, 0.5) is 5.69 Å². The number of esters is 1. The van der Waals surface area contributed by atoms with E-state index in [1.54, 1.807) is 6.20 Å². The third kappa shape index (κ3) is 18.8. The van der Waals surface area contributed by atoms with Crippen molar-refractivity contribution in [2.75, 3.05) is 18.0 Å². The number of aryl methyl sites for hydroxylation is 2. The van der Waals surface area contributed by atoms with E-state index >= 15 is 0 Å². The van der Waals surface area contributed by atoms with Crippen molar-refractivity contribution in [2.24, 2.45) is 11.8 Å². The van der Waals surface area contributed by atoms with Gasteiger partial charge in [-0.15, -0.1) is 0 Å². The zero-order valence-corrected chi connectivity index (χ0v) is 39.1. The van der Waals surface area contributed by atoms with Crippen molar-refractivity contribution in [2.45, 2.75) is 191 Å². The lowest BCUT2D eigenvalue weighted by atomic mass is 9.80. The lowest BCUT2D eigenvalue weighted by molar-refractivity contribution is -0.138. The molecule has 0 spiro atoms. The number of pyridine rings is 1. The molecule has 4 unspecified atom stereocenters. The highest BCUT2D eigenvalue weighted by molar-refractivity contribution is 5.75. The molecule has 58 heavy (non-hydrogen) atoms. The van der Waals surface area contributed by atoms with Crippen LogP contribution < -0.4 is 15.0 Å². The standard InChI is InChI=1S/C23H37N3O2.C12H16N4.C6H14.C3H8.C2H6.CH2O2/c1-6-16(4)22(27)28-19-13-21(20(7-2)24-15-19)26-12-11-25-23(8-3,17(26)5)14-18-9-10-18;1-4-8(2)11-14-9(3)15-12(16-11)10-6-5-7-13-10;1-3-5-6-4-2;1-3-2;1-2;2-1-3/h13,15-18,25H,6-12,14H2,1-5H3;5-8,13H,4H2,1-3H3;3-6H2,1-2H3;3H2,1-2H3;1-2H3;1H,(H,2,3). The number of hydrogen-bond donors (Lipinski definition) is 3. The fourth-order valence-electron chi connectivity index (χ4n) is 6.46. The molecule has 4 heterocycles. The van der Waals surface area contributed by atoms with Crippen LogP contribution in [0.15, 0.2) is 30.6 Å². The second-order valence-corrected chi connectivity index (χ2v) is 15.2.